The number of rotatable bonds is 7. The summed E-state index contributed by atoms with van der Waals surface area (Å²) in [6.45, 7) is 10.1. The molecule has 2 saturated carbocycles. The van der Waals surface area contributed by atoms with Gasteiger partial charge in [-0.2, -0.15) is 4.68 Å². The van der Waals surface area contributed by atoms with Gasteiger partial charge in [0.05, 0.1) is 19.0 Å². The van der Waals surface area contributed by atoms with E-state index in [2.05, 4.69) is 10.2 Å². The van der Waals surface area contributed by atoms with Crippen LogP contribution in [-0.2, 0) is 0 Å². The van der Waals surface area contributed by atoms with E-state index >= 15 is 4.39 Å². The van der Waals surface area contributed by atoms with Crippen molar-refractivity contribution in [1.29, 1.82) is 0 Å². The predicted molar refractivity (Wildman–Crippen MR) is 119 cm³/mol. The Morgan fingerprint density at radius 1 is 1.38 bits per heavy atom. The van der Waals surface area contributed by atoms with Crippen molar-refractivity contribution in [1.82, 2.24) is 14.6 Å². The lowest BCUT2D eigenvalue weighted by atomic mass is 9.93. The zero-order chi connectivity index (χ0) is 22.6. The van der Waals surface area contributed by atoms with Crippen LogP contribution in [0.15, 0.2) is 15.7 Å². The SMILES string of the molecule is [C-]#[N+]CCNCC1CN(c2c(F)cc3c(=O)n(N)c(=O)n(C4CC4)c3c2OC)CC12CC2. The van der Waals surface area contributed by atoms with Crippen LogP contribution >= 0.6 is 0 Å². The van der Waals surface area contributed by atoms with Gasteiger partial charge in [-0.25, -0.2) is 15.8 Å². The van der Waals surface area contributed by atoms with Gasteiger partial charge >= 0.3 is 5.69 Å². The molecule has 0 radical (unpaired) electrons. The molecule has 9 nitrogen and oxygen atoms in total. The second-order valence-electron chi connectivity index (χ2n) is 9.22. The molecule has 1 atom stereocenters. The summed E-state index contributed by atoms with van der Waals surface area (Å²) >= 11 is 0. The zero-order valence-corrected chi connectivity index (χ0v) is 18.1. The predicted octanol–water partition coefficient (Wildman–Crippen LogP) is 1.08. The van der Waals surface area contributed by atoms with Crippen LogP contribution < -0.4 is 32.0 Å². The van der Waals surface area contributed by atoms with Crippen molar-refractivity contribution in [2.45, 2.75) is 31.7 Å². The average Bonchev–Trinajstić information content (AvgIpc) is 3.69. The highest BCUT2D eigenvalue weighted by Gasteiger charge is 2.55. The van der Waals surface area contributed by atoms with Gasteiger partial charge in [-0.3, -0.25) is 9.36 Å². The molecule has 0 bridgehead atoms. The van der Waals surface area contributed by atoms with Gasteiger partial charge in [0.2, 0.25) is 6.54 Å². The smallest absolute Gasteiger partial charge is 0.350 e. The van der Waals surface area contributed by atoms with Gasteiger partial charge in [-0.1, -0.05) is 0 Å². The standard InChI is InChI=1S/C22H27FN6O3/c1-25-7-8-26-10-13-11-27(12-22(13)5-6-22)18-16(23)9-15-17(19(18)32-2)28(14-3-4-14)21(31)29(24)20(15)30/h9,13-14,26H,3-8,10-12,24H2,2H3. The highest BCUT2D eigenvalue weighted by molar-refractivity contribution is 5.91. The Hall–Kier alpha value is -3.06. The maximum Gasteiger partial charge on any atom is 0.350 e. The third-order valence-electron chi connectivity index (χ3n) is 7.21. The number of ether oxygens (including phenoxy) is 1. The molecule has 1 aromatic heterocycles. The quantitative estimate of drug-likeness (QED) is 0.378. The second kappa shape index (κ2) is 7.52. The largest absolute Gasteiger partial charge is 0.492 e. The fourth-order valence-corrected chi connectivity index (χ4v) is 5.22. The Morgan fingerprint density at radius 2 is 2.12 bits per heavy atom. The number of hydrogen-bond acceptors (Lipinski definition) is 6. The molecule has 10 heteroatoms. The van der Waals surface area contributed by atoms with E-state index in [-0.39, 0.29) is 22.6 Å². The highest BCUT2D eigenvalue weighted by atomic mass is 19.1. The number of hydrogen-bond donors (Lipinski definition) is 2. The van der Waals surface area contributed by atoms with E-state index in [1.807, 2.05) is 4.90 Å². The Labute approximate surface area is 184 Å². The number of anilines is 1. The van der Waals surface area contributed by atoms with Crippen LogP contribution in [-0.4, -0.2) is 49.1 Å². The summed E-state index contributed by atoms with van der Waals surface area (Å²) in [7, 11) is 1.44. The van der Waals surface area contributed by atoms with Crippen molar-refractivity contribution in [3.63, 3.8) is 0 Å². The van der Waals surface area contributed by atoms with Crippen LogP contribution in [0.3, 0.4) is 0 Å². The summed E-state index contributed by atoms with van der Waals surface area (Å²) < 4.78 is 23.2. The van der Waals surface area contributed by atoms with Crippen molar-refractivity contribution in [3.8, 4) is 5.75 Å². The molecule has 1 aliphatic heterocycles. The summed E-state index contributed by atoms with van der Waals surface area (Å²) in [6, 6.07) is 1.12. The van der Waals surface area contributed by atoms with E-state index in [4.69, 9.17) is 17.2 Å². The van der Waals surface area contributed by atoms with Crippen molar-refractivity contribution in [2.24, 2.45) is 11.3 Å². The number of nitrogens with one attached hydrogen (secondary N) is 1. The minimum atomic E-state index is -0.729. The number of methoxy groups -OCH3 is 1. The molecule has 2 aromatic rings. The third-order valence-corrected chi connectivity index (χ3v) is 7.21. The molecular weight excluding hydrogens is 415 g/mol. The number of benzene rings is 1. The molecule has 3 fully saturated rings. The Balaban J connectivity index is 1.60. The van der Waals surface area contributed by atoms with E-state index in [1.165, 1.54) is 17.7 Å². The monoisotopic (exact) mass is 442 g/mol. The van der Waals surface area contributed by atoms with Gasteiger partial charge in [0.1, 0.15) is 11.2 Å². The zero-order valence-electron chi connectivity index (χ0n) is 18.1. The molecule has 1 unspecified atom stereocenters. The third kappa shape index (κ3) is 3.14. The van der Waals surface area contributed by atoms with E-state index in [0.717, 1.165) is 32.2 Å². The van der Waals surface area contributed by atoms with Crippen molar-refractivity contribution < 1.29 is 9.13 Å². The van der Waals surface area contributed by atoms with Crippen LogP contribution in [0.4, 0.5) is 10.1 Å². The van der Waals surface area contributed by atoms with Gasteiger partial charge in [-0.05, 0) is 43.1 Å². The van der Waals surface area contributed by atoms with Crippen LogP contribution in [0.2, 0.25) is 0 Å². The van der Waals surface area contributed by atoms with Crippen molar-refractivity contribution >= 4 is 16.6 Å². The van der Waals surface area contributed by atoms with Crippen LogP contribution in [0.5, 0.6) is 5.75 Å². The van der Waals surface area contributed by atoms with Crippen LogP contribution in [0, 0.1) is 23.7 Å². The van der Waals surface area contributed by atoms with Gasteiger partial charge < -0.3 is 25.6 Å². The molecule has 1 aromatic carbocycles. The molecular formula is C22H27FN6O3. The summed E-state index contributed by atoms with van der Waals surface area (Å²) in [5.74, 6) is 5.72. The summed E-state index contributed by atoms with van der Waals surface area (Å²) in [5, 5.41) is 3.40. The first-order valence-electron chi connectivity index (χ1n) is 11.0. The first-order chi connectivity index (χ1) is 15.4. The molecule has 32 heavy (non-hydrogen) atoms. The van der Waals surface area contributed by atoms with Gasteiger partial charge in [0.15, 0.2) is 11.6 Å². The molecule has 2 heterocycles. The molecule has 170 valence electrons. The van der Waals surface area contributed by atoms with Crippen LogP contribution in [0.25, 0.3) is 15.7 Å². The number of fused-ring (bicyclic) bond motifs is 1. The lowest BCUT2D eigenvalue weighted by molar-refractivity contribution is 0.378. The summed E-state index contributed by atoms with van der Waals surface area (Å²) in [6.07, 6.45) is 3.77. The van der Waals surface area contributed by atoms with Crippen molar-refractivity contribution in [3.05, 3.63) is 44.1 Å². The number of nitrogens with two attached hydrogens (primary N) is 1. The summed E-state index contributed by atoms with van der Waals surface area (Å²) in [4.78, 5) is 30.9. The minimum Gasteiger partial charge on any atom is -0.492 e. The van der Waals surface area contributed by atoms with E-state index in [1.54, 1.807) is 0 Å². The maximum absolute atomic E-state index is 15.5. The van der Waals surface area contributed by atoms with E-state index < -0.39 is 17.1 Å². The number of nitrogens with zero attached hydrogens (tertiary/aromatic N) is 4. The van der Waals surface area contributed by atoms with E-state index in [9.17, 15) is 9.59 Å². The van der Waals surface area contributed by atoms with Crippen molar-refractivity contribution in [2.75, 3.05) is 50.6 Å². The van der Waals surface area contributed by atoms with Gasteiger partial charge in [0.25, 0.3) is 5.56 Å². The van der Waals surface area contributed by atoms with Gasteiger partial charge in [0, 0.05) is 25.7 Å². The molecule has 0 amide bonds. The first kappa shape index (κ1) is 20.8. The van der Waals surface area contributed by atoms with Gasteiger partial charge in [-0.15, -0.1) is 0 Å². The molecule has 3 aliphatic rings. The lowest BCUT2D eigenvalue weighted by Gasteiger charge is -2.24. The summed E-state index contributed by atoms with van der Waals surface area (Å²) in [5.41, 5.74) is -0.575. The molecule has 2 aliphatic carbocycles. The average molecular weight is 442 g/mol. The molecule has 1 spiro atoms. The van der Waals surface area contributed by atoms with E-state index in [0.29, 0.717) is 48.0 Å². The Bertz CT molecular complexity index is 1240. The fourth-order valence-electron chi connectivity index (χ4n) is 5.22. The number of nitrogen functional groups attached to an aromatic ring is 1. The molecule has 3 N–H and O–H groups in total. The molecule has 1 saturated heterocycles. The van der Waals surface area contributed by atoms with Crippen LogP contribution in [0.1, 0.15) is 31.7 Å². The molecule has 5 rings (SSSR count). The Morgan fingerprint density at radius 3 is 2.75 bits per heavy atom. The number of aromatic nitrogens is 2. The minimum absolute atomic E-state index is 0.0507. The lowest BCUT2D eigenvalue weighted by Crippen LogP contribution is -2.44. The maximum atomic E-state index is 15.5. The normalized spacial score (nSPS) is 21.3. The Kier molecular flexibility index (Phi) is 4.89. The fraction of sp³-hybridized carbons (Fsp3) is 0.591. The first-order valence-corrected chi connectivity index (χ1v) is 11.0. The number of halogens is 1. The highest BCUT2D eigenvalue weighted by Crippen LogP contribution is 2.58. The second-order valence-corrected chi connectivity index (χ2v) is 9.22. The topological polar surface area (TPSA) is 98.9 Å².